The van der Waals surface area contributed by atoms with Crippen molar-refractivity contribution in [1.29, 1.82) is 0 Å². The van der Waals surface area contributed by atoms with Crippen molar-refractivity contribution in [3.8, 4) is 11.5 Å². The third-order valence-corrected chi connectivity index (χ3v) is 2.13. The van der Waals surface area contributed by atoms with E-state index in [-0.39, 0.29) is 11.3 Å². The molecule has 14 heavy (non-hydrogen) atoms. The number of hydrogen-bond donors (Lipinski definition) is 1. The van der Waals surface area contributed by atoms with Crippen molar-refractivity contribution >= 4 is 21.9 Å². The molecule has 0 spiro atoms. The van der Waals surface area contributed by atoms with Crippen LogP contribution in [0.15, 0.2) is 16.6 Å². The zero-order valence-electron chi connectivity index (χ0n) is 7.70. The molecule has 0 aliphatic carbocycles. The van der Waals surface area contributed by atoms with Gasteiger partial charge in [-0.05, 0) is 12.1 Å². The third-order valence-electron chi connectivity index (χ3n) is 1.67. The monoisotopic (exact) mass is 260 g/mol. The Morgan fingerprint density at radius 1 is 1.36 bits per heavy atom. The van der Waals surface area contributed by atoms with Gasteiger partial charge in [-0.15, -0.1) is 0 Å². The lowest BCUT2D eigenvalue weighted by Crippen LogP contribution is -2.02. The maximum absolute atomic E-state index is 10.8. The topological polar surface area (TPSA) is 55.8 Å². The summed E-state index contributed by atoms with van der Waals surface area (Å²) in [6.07, 6.45) is 0. The number of halogens is 1. The Bertz CT molecular complexity index is 362. The van der Waals surface area contributed by atoms with E-state index in [0.29, 0.717) is 10.2 Å². The first kappa shape index (κ1) is 10.8. The van der Waals surface area contributed by atoms with Crippen LogP contribution in [0.1, 0.15) is 10.4 Å². The molecule has 1 rings (SSSR count). The first-order chi connectivity index (χ1) is 6.60. The highest BCUT2D eigenvalue weighted by molar-refractivity contribution is 9.10. The Labute approximate surface area is 89.6 Å². The average molecular weight is 261 g/mol. The molecule has 1 aromatic rings. The fourth-order valence-corrected chi connectivity index (χ4v) is 1.53. The number of benzene rings is 1. The first-order valence-corrected chi connectivity index (χ1v) is 4.54. The lowest BCUT2D eigenvalue weighted by molar-refractivity contribution is 0.0692. The smallest absolute Gasteiger partial charge is 0.339 e. The van der Waals surface area contributed by atoms with Crippen molar-refractivity contribution in [2.45, 2.75) is 0 Å². The highest BCUT2D eigenvalue weighted by atomic mass is 79.9. The SMILES string of the molecule is COc1cc(Br)cc(C(=O)O)c1OC. The van der Waals surface area contributed by atoms with Crippen LogP contribution in [0.2, 0.25) is 0 Å². The predicted molar refractivity (Wildman–Crippen MR) is 54.2 cm³/mol. The van der Waals surface area contributed by atoms with Crippen molar-refractivity contribution in [2.75, 3.05) is 14.2 Å². The van der Waals surface area contributed by atoms with Crippen molar-refractivity contribution in [3.63, 3.8) is 0 Å². The molecular weight excluding hydrogens is 252 g/mol. The molecule has 76 valence electrons. The molecule has 1 aromatic carbocycles. The van der Waals surface area contributed by atoms with E-state index >= 15 is 0 Å². The Hall–Kier alpha value is -1.23. The van der Waals surface area contributed by atoms with E-state index in [4.69, 9.17) is 14.6 Å². The minimum atomic E-state index is -1.05. The minimum absolute atomic E-state index is 0.0683. The number of hydrogen-bond acceptors (Lipinski definition) is 3. The van der Waals surface area contributed by atoms with E-state index < -0.39 is 5.97 Å². The van der Waals surface area contributed by atoms with Crippen LogP contribution in [0.5, 0.6) is 11.5 Å². The second-order valence-electron chi connectivity index (χ2n) is 2.49. The molecule has 0 aliphatic rings. The van der Waals surface area contributed by atoms with E-state index in [1.807, 2.05) is 0 Å². The molecule has 0 atom stereocenters. The van der Waals surface area contributed by atoms with Crippen molar-refractivity contribution in [3.05, 3.63) is 22.2 Å². The summed E-state index contributed by atoms with van der Waals surface area (Å²) in [5.74, 6) is -0.441. The Morgan fingerprint density at radius 3 is 2.43 bits per heavy atom. The Kier molecular flexibility index (Phi) is 3.35. The fourth-order valence-electron chi connectivity index (χ4n) is 1.09. The van der Waals surface area contributed by atoms with Crippen LogP contribution in [0.25, 0.3) is 0 Å². The fraction of sp³-hybridized carbons (Fsp3) is 0.222. The van der Waals surface area contributed by atoms with Gasteiger partial charge in [0, 0.05) is 4.47 Å². The van der Waals surface area contributed by atoms with Gasteiger partial charge < -0.3 is 14.6 Å². The molecule has 0 radical (unpaired) electrons. The molecule has 0 aromatic heterocycles. The Morgan fingerprint density at radius 2 is 2.00 bits per heavy atom. The van der Waals surface area contributed by atoms with Gasteiger partial charge in [0.25, 0.3) is 0 Å². The molecule has 0 amide bonds. The summed E-state index contributed by atoms with van der Waals surface area (Å²) in [7, 11) is 2.86. The number of carboxylic acids is 1. The second kappa shape index (κ2) is 4.32. The lowest BCUT2D eigenvalue weighted by atomic mass is 10.2. The number of carboxylic acid groups (broad SMARTS) is 1. The van der Waals surface area contributed by atoms with Crippen molar-refractivity contribution in [1.82, 2.24) is 0 Å². The number of methoxy groups -OCH3 is 2. The lowest BCUT2D eigenvalue weighted by Gasteiger charge is -2.10. The quantitative estimate of drug-likeness (QED) is 0.905. The van der Waals surface area contributed by atoms with Crippen LogP contribution in [-0.2, 0) is 0 Å². The zero-order valence-corrected chi connectivity index (χ0v) is 9.29. The summed E-state index contributed by atoms with van der Waals surface area (Å²) in [6.45, 7) is 0. The summed E-state index contributed by atoms with van der Waals surface area (Å²) < 4.78 is 10.6. The number of ether oxygens (including phenoxy) is 2. The molecule has 0 fully saturated rings. The molecule has 0 saturated heterocycles. The van der Waals surface area contributed by atoms with E-state index in [0.717, 1.165) is 0 Å². The minimum Gasteiger partial charge on any atom is -0.493 e. The van der Waals surface area contributed by atoms with E-state index in [2.05, 4.69) is 15.9 Å². The Balaban J connectivity index is 3.39. The van der Waals surface area contributed by atoms with Gasteiger partial charge in [-0.3, -0.25) is 0 Å². The van der Waals surface area contributed by atoms with Crippen molar-refractivity contribution in [2.24, 2.45) is 0 Å². The first-order valence-electron chi connectivity index (χ1n) is 3.75. The molecule has 4 nitrogen and oxygen atoms in total. The third kappa shape index (κ3) is 1.98. The van der Waals surface area contributed by atoms with Crippen LogP contribution >= 0.6 is 15.9 Å². The maximum atomic E-state index is 10.8. The molecule has 0 aliphatic heterocycles. The van der Waals surface area contributed by atoms with Gasteiger partial charge in [-0.25, -0.2) is 4.79 Å². The van der Waals surface area contributed by atoms with Gasteiger partial charge in [0.05, 0.1) is 14.2 Å². The molecule has 1 N–H and O–H groups in total. The summed E-state index contributed by atoms with van der Waals surface area (Å²) in [4.78, 5) is 10.8. The van der Waals surface area contributed by atoms with E-state index in [1.54, 1.807) is 6.07 Å². The molecule has 0 bridgehead atoms. The van der Waals surface area contributed by atoms with Gasteiger partial charge in [0.2, 0.25) is 0 Å². The number of rotatable bonds is 3. The van der Waals surface area contributed by atoms with Gasteiger partial charge in [-0.1, -0.05) is 15.9 Å². The summed E-state index contributed by atoms with van der Waals surface area (Å²) >= 11 is 3.19. The van der Waals surface area contributed by atoms with Crippen LogP contribution in [0.4, 0.5) is 0 Å². The van der Waals surface area contributed by atoms with Crippen LogP contribution in [0, 0.1) is 0 Å². The zero-order chi connectivity index (χ0) is 10.7. The molecule has 0 unspecified atom stereocenters. The number of carbonyl (C=O) groups is 1. The van der Waals surface area contributed by atoms with Crippen LogP contribution in [0.3, 0.4) is 0 Å². The summed E-state index contributed by atoms with van der Waals surface area (Å²) in [5, 5.41) is 8.88. The van der Waals surface area contributed by atoms with Gasteiger partial charge >= 0.3 is 5.97 Å². The number of aromatic carboxylic acids is 1. The largest absolute Gasteiger partial charge is 0.493 e. The summed E-state index contributed by atoms with van der Waals surface area (Å²) in [6, 6.07) is 3.11. The van der Waals surface area contributed by atoms with E-state index in [1.165, 1.54) is 20.3 Å². The van der Waals surface area contributed by atoms with Crippen molar-refractivity contribution < 1.29 is 19.4 Å². The second-order valence-corrected chi connectivity index (χ2v) is 3.41. The van der Waals surface area contributed by atoms with Gasteiger partial charge in [0.1, 0.15) is 5.56 Å². The standard InChI is InChI=1S/C9H9BrO4/c1-13-7-4-5(10)3-6(9(11)12)8(7)14-2/h3-4H,1-2H3,(H,11,12). The summed E-state index contributed by atoms with van der Waals surface area (Å²) in [5.41, 5.74) is 0.0683. The molecular formula is C9H9BrO4. The molecule has 0 heterocycles. The average Bonchev–Trinajstić information content (AvgIpc) is 2.16. The normalized spacial score (nSPS) is 9.64. The van der Waals surface area contributed by atoms with Crippen LogP contribution < -0.4 is 9.47 Å². The highest BCUT2D eigenvalue weighted by Crippen LogP contribution is 2.34. The van der Waals surface area contributed by atoms with Gasteiger partial charge in [-0.2, -0.15) is 0 Å². The predicted octanol–water partition coefficient (Wildman–Crippen LogP) is 2.16. The van der Waals surface area contributed by atoms with Gasteiger partial charge in [0.15, 0.2) is 11.5 Å². The highest BCUT2D eigenvalue weighted by Gasteiger charge is 2.16. The van der Waals surface area contributed by atoms with Crippen LogP contribution in [-0.4, -0.2) is 25.3 Å². The molecule has 5 heteroatoms. The maximum Gasteiger partial charge on any atom is 0.339 e. The molecule has 0 saturated carbocycles. The van der Waals surface area contributed by atoms with E-state index in [9.17, 15) is 4.79 Å².